The Kier molecular flexibility index (Phi) is 8.20. The molecule has 11 atom stereocenters. The van der Waals surface area contributed by atoms with Gasteiger partial charge in [-0.2, -0.15) is 8.42 Å². The summed E-state index contributed by atoms with van der Waals surface area (Å²) in [6.07, 6.45) is 6.06. The molecule has 4 rings (SSSR count). The maximum Gasteiger partial charge on any atom is 0.264 e. The standard InChI is InChI=1S/C27H47NO7S/c1-16(5-8-24(32)28-11-4-12-36(33,34)35)19-6-7-20-25-21(15-23(31)27(19,20)3)26(2)10-9-18(29)13-17(26)14-22(25)30/h16-23,25,29-31H,4-15H2,1-3H3,(H,28,32)(H,33,34,35)/t16-,17+,18-,19?,20+,21+,22-,23+,25+,26+,27-/m1/s1. The fourth-order valence-corrected chi connectivity index (χ4v) is 9.77. The largest absolute Gasteiger partial charge is 0.393 e. The molecule has 1 amide bonds. The summed E-state index contributed by atoms with van der Waals surface area (Å²) >= 11 is 0. The van der Waals surface area contributed by atoms with Crippen LogP contribution < -0.4 is 5.32 Å². The van der Waals surface area contributed by atoms with Crippen LogP contribution in [-0.2, 0) is 14.9 Å². The Hall–Kier alpha value is -0.740. The minimum absolute atomic E-state index is 0.0581. The van der Waals surface area contributed by atoms with Gasteiger partial charge in [-0.3, -0.25) is 9.35 Å². The summed E-state index contributed by atoms with van der Waals surface area (Å²) in [5, 5.41) is 36.0. The molecule has 9 heteroatoms. The van der Waals surface area contributed by atoms with Gasteiger partial charge < -0.3 is 20.6 Å². The van der Waals surface area contributed by atoms with Crippen molar-refractivity contribution in [1.29, 1.82) is 0 Å². The van der Waals surface area contributed by atoms with Gasteiger partial charge in [-0.25, -0.2) is 0 Å². The SMILES string of the molecule is C[C@H](CCC(=O)NCCCS(=O)(=O)O)C1CC[C@H]2[C@@H]3[C@H](O)C[C@@H]4C[C@H](O)CC[C@]4(C)[C@H]3C[C@H](O)[C@]12C. The summed E-state index contributed by atoms with van der Waals surface area (Å²) in [6.45, 7) is 6.94. The van der Waals surface area contributed by atoms with Crippen molar-refractivity contribution in [3.05, 3.63) is 0 Å². The van der Waals surface area contributed by atoms with Gasteiger partial charge in [-0.15, -0.1) is 0 Å². The van der Waals surface area contributed by atoms with Gasteiger partial charge in [0.15, 0.2) is 0 Å². The average molecular weight is 530 g/mol. The van der Waals surface area contributed by atoms with Crippen LogP contribution in [0.1, 0.15) is 85.0 Å². The summed E-state index contributed by atoms with van der Waals surface area (Å²) in [7, 11) is -4.01. The number of hydrogen-bond donors (Lipinski definition) is 5. The molecular weight excluding hydrogens is 482 g/mol. The predicted octanol–water partition coefficient (Wildman–Crippen LogP) is 2.76. The maximum atomic E-state index is 12.3. The van der Waals surface area contributed by atoms with Crippen LogP contribution in [0.5, 0.6) is 0 Å². The summed E-state index contributed by atoms with van der Waals surface area (Å²) < 4.78 is 30.4. The second-order valence-electron chi connectivity index (χ2n) is 13.0. The van der Waals surface area contributed by atoms with Crippen LogP contribution in [0.2, 0.25) is 0 Å². The van der Waals surface area contributed by atoms with Gasteiger partial charge in [-0.1, -0.05) is 20.8 Å². The van der Waals surface area contributed by atoms with Crippen LogP contribution in [0.25, 0.3) is 0 Å². The molecule has 5 N–H and O–H groups in total. The molecule has 0 aromatic heterocycles. The number of hydrogen-bond acceptors (Lipinski definition) is 6. The predicted molar refractivity (Wildman–Crippen MR) is 136 cm³/mol. The van der Waals surface area contributed by atoms with E-state index in [0.717, 1.165) is 38.5 Å². The van der Waals surface area contributed by atoms with Gasteiger partial charge in [0.05, 0.1) is 24.1 Å². The molecule has 0 aromatic carbocycles. The molecule has 4 aliphatic rings. The highest BCUT2D eigenvalue weighted by atomic mass is 32.2. The Balaban J connectivity index is 1.39. The van der Waals surface area contributed by atoms with E-state index in [-0.39, 0.29) is 71.1 Å². The Labute approximate surface area is 216 Å². The fraction of sp³-hybridized carbons (Fsp3) is 0.963. The second-order valence-corrected chi connectivity index (χ2v) is 14.6. The molecule has 208 valence electrons. The lowest BCUT2D eigenvalue weighted by atomic mass is 9.43. The minimum atomic E-state index is -4.01. The number of rotatable bonds is 8. The van der Waals surface area contributed by atoms with Gasteiger partial charge >= 0.3 is 0 Å². The number of nitrogens with one attached hydrogen (secondary N) is 1. The molecule has 4 saturated carbocycles. The number of carbonyl (C=O) groups is 1. The fourth-order valence-electron chi connectivity index (χ4n) is 9.26. The maximum absolute atomic E-state index is 12.3. The first-order chi connectivity index (χ1) is 16.8. The Morgan fingerprint density at radius 3 is 2.47 bits per heavy atom. The van der Waals surface area contributed by atoms with Crippen molar-refractivity contribution in [2.75, 3.05) is 12.3 Å². The minimum Gasteiger partial charge on any atom is -0.393 e. The number of aliphatic hydroxyl groups is 3. The van der Waals surface area contributed by atoms with Crippen LogP contribution >= 0.6 is 0 Å². The van der Waals surface area contributed by atoms with E-state index in [2.05, 4.69) is 26.1 Å². The molecule has 0 aliphatic heterocycles. The molecule has 36 heavy (non-hydrogen) atoms. The van der Waals surface area contributed by atoms with Crippen molar-refractivity contribution in [1.82, 2.24) is 5.32 Å². The summed E-state index contributed by atoms with van der Waals surface area (Å²) in [5.41, 5.74) is -0.229. The average Bonchev–Trinajstić information content (AvgIpc) is 3.15. The van der Waals surface area contributed by atoms with Crippen LogP contribution in [-0.4, -0.2) is 64.8 Å². The van der Waals surface area contributed by atoms with Crippen LogP contribution in [0.3, 0.4) is 0 Å². The monoisotopic (exact) mass is 529 g/mol. The zero-order valence-corrected chi connectivity index (χ0v) is 22.9. The van der Waals surface area contributed by atoms with Gasteiger partial charge in [-0.05, 0) is 104 Å². The first kappa shape index (κ1) is 28.3. The summed E-state index contributed by atoms with van der Waals surface area (Å²) in [4.78, 5) is 12.3. The second kappa shape index (κ2) is 10.4. The van der Waals surface area contributed by atoms with Gasteiger partial charge in [0, 0.05) is 13.0 Å². The summed E-state index contributed by atoms with van der Waals surface area (Å²) in [6, 6.07) is 0. The Morgan fingerprint density at radius 1 is 1.06 bits per heavy atom. The van der Waals surface area contributed by atoms with Crippen LogP contribution in [0.4, 0.5) is 0 Å². The molecule has 0 spiro atoms. The lowest BCUT2D eigenvalue weighted by Crippen LogP contribution is -2.62. The third-order valence-electron chi connectivity index (χ3n) is 11.2. The van der Waals surface area contributed by atoms with Crippen molar-refractivity contribution in [2.45, 2.75) is 103 Å². The van der Waals surface area contributed by atoms with E-state index < -0.39 is 22.3 Å². The molecule has 8 nitrogen and oxygen atoms in total. The smallest absolute Gasteiger partial charge is 0.264 e. The molecule has 0 saturated heterocycles. The molecule has 0 aromatic rings. The van der Waals surface area contributed by atoms with Crippen molar-refractivity contribution >= 4 is 16.0 Å². The molecule has 0 bridgehead atoms. The third kappa shape index (κ3) is 5.24. The van der Waals surface area contributed by atoms with Crippen molar-refractivity contribution in [2.24, 2.45) is 46.3 Å². The number of fused-ring (bicyclic) bond motifs is 5. The van der Waals surface area contributed by atoms with Crippen molar-refractivity contribution in [3.63, 3.8) is 0 Å². The Bertz CT molecular complexity index is 912. The Morgan fingerprint density at radius 2 is 1.78 bits per heavy atom. The first-order valence-corrected chi connectivity index (χ1v) is 15.6. The van der Waals surface area contributed by atoms with E-state index in [1.54, 1.807) is 0 Å². The quantitative estimate of drug-likeness (QED) is 0.240. The van der Waals surface area contributed by atoms with Gasteiger partial charge in [0.1, 0.15) is 0 Å². The number of amides is 1. The molecular formula is C27H47NO7S. The third-order valence-corrected chi connectivity index (χ3v) is 12.1. The lowest BCUT2D eigenvalue weighted by molar-refractivity contribution is -0.207. The normalized spacial score (nSPS) is 45.3. The van der Waals surface area contributed by atoms with E-state index >= 15 is 0 Å². The molecule has 1 unspecified atom stereocenters. The summed E-state index contributed by atoms with van der Waals surface area (Å²) in [5.74, 6) is 1.04. The zero-order chi connectivity index (χ0) is 26.5. The highest BCUT2D eigenvalue weighted by Crippen LogP contribution is 2.68. The highest BCUT2D eigenvalue weighted by molar-refractivity contribution is 7.85. The van der Waals surface area contributed by atoms with Crippen LogP contribution in [0.15, 0.2) is 0 Å². The molecule has 0 radical (unpaired) electrons. The number of carbonyl (C=O) groups excluding carboxylic acids is 1. The van der Waals surface area contributed by atoms with E-state index in [1.807, 2.05) is 0 Å². The van der Waals surface area contributed by atoms with E-state index in [4.69, 9.17) is 4.55 Å². The molecule has 0 heterocycles. The van der Waals surface area contributed by atoms with E-state index in [1.165, 1.54) is 0 Å². The van der Waals surface area contributed by atoms with Gasteiger partial charge in [0.2, 0.25) is 5.91 Å². The van der Waals surface area contributed by atoms with E-state index in [0.29, 0.717) is 25.2 Å². The molecule has 4 aliphatic carbocycles. The molecule has 4 fully saturated rings. The van der Waals surface area contributed by atoms with E-state index in [9.17, 15) is 28.5 Å². The van der Waals surface area contributed by atoms with Gasteiger partial charge in [0.25, 0.3) is 10.1 Å². The number of aliphatic hydroxyl groups excluding tert-OH is 3. The van der Waals surface area contributed by atoms with Crippen LogP contribution in [0, 0.1) is 46.3 Å². The zero-order valence-electron chi connectivity index (χ0n) is 22.1. The van der Waals surface area contributed by atoms with Crippen molar-refractivity contribution in [3.8, 4) is 0 Å². The van der Waals surface area contributed by atoms with Crippen molar-refractivity contribution < 1.29 is 33.1 Å². The first-order valence-electron chi connectivity index (χ1n) is 14.0. The lowest BCUT2D eigenvalue weighted by Gasteiger charge is -2.63. The highest BCUT2D eigenvalue weighted by Gasteiger charge is 2.65. The topological polar surface area (TPSA) is 144 Å².